The summed E-state index contributed by atoms with van der Waals surface area (Å²) in [4.78, 5) is 7.07. The van der Waals surface area contributed by atoms with E-state index in [9.17, 15) is 0 Å². The number of nitrogens with zero attached hydrogens (tertiary/aromatic N) is 4. The van der Waals surface area contributed by atoms with E-state index in [1.54, 1.807) is 0 Å². The first-order valence-electron chi connectivity index (χ1n) is 6.00. The molecule has 17 heavy (non-hydrogen) atoms. The van der Waals surface area contributed by atoms with Gasteiger partial charge in [0.1, 0.15) is 0 Å². The third kappa shape index (κ3) is 2.09. The lowest BCUT2D eigenvalue weighted by Gasteiger charge is -2.10. The van der Waals surface area contributed by atoms with Crippen molar-refractivity contribution in [2.24, 2.45) is 0 Å². The number of hydrogen-bond acceptors (Lipinski definition) is 3. The second kappa shape index (κ2) is 4.38. The summed E-state index contributed by atoms with van der Waals surface area (Å²) in [7, 11) is 0. The maximum Gasteiger partial charge on any atom is 0.156 e. The quantitative estimate of drug-likeness (QED) is 0.852. The molecule has 1 fully saturated rings. The van der Waals surface area contributed by atoms with Gasteiger partial charge in [-0.3, -0.25) is 0 Å². The van der Waals surface area contributed by atoms with Crippen LogP contribution in [-0.2, 0) is 0 Å². The molecule has 1 aliphatic rings. The minimum atomic E-state index is 0.494. The lowest BCUT2D eigenvalue weighted by Crippen LogP contribution is -2.19. The third-order valence-corrected chi connectivity index (χ3v) is 3.89. The van der Waals surface area contributed by atoms with Crippen LogP contribution in [0.4, 0.5) is 0 Å². The summed E-state index contributed by atoms with van der Waals surface area (Å²) < 4.78 is 2.90. The Kier molecular flexibility index (Phi) is 2.88. The van der Waals surface area contributed by atoms with Crippen LogP contribution in [0.5, 0.6) is 0 Å². The molecular formula is C12H15BrN4. The van der Waals surface area contributed by atoms with Crippen LogP contribution in [0.2, 0.25) is 0 Å². The minimum absolute atomic E-state index is 0.494. The predicted molar refractivity (Wildman–Crippen MR) is 70.2 cm³/mol. The number of fused-ring (bicyclic) bond motifs is 1. The summed E-state index contributed by atoms with van der Waals surface area (Å²) in [6.45, 7) is 5.58. The zero-order valence-corrected chi connectivity index (χ0v) is 11.4. The highest BCUT2D eigenvalue weighted by atomic mass is 79.9. The second-order valence-corrected chi connectivity index (χ2v) is 5.41. The number of halogens is 1. The topological polar surface area (TPSA) is 33.4 Å². The van der Waals surface area contributed by atoms with Crippen LogP contribution >= 0.6 is 15.9 Å². The first-order valence-corrected chi connectivity index (χ1v) is 6.79. The van der Waals surface area contributed by atoms with Crippen molar-refractivity contribution in [3.63, 3.8) is 0 Å². The van der Waals surface area contributed by atoms with E-state index in [-0.39, 0.29) is 0 Å². The number of likely N-dealkylation sites (N-methyl/N-ethyl adjacent to an activating group) is 1. The fourth-order valence-corrected chi connectivity index (χ4v) is 2.70. The zero-order chi connectivity index (χ0) is 11.8. The average molecular weight is 295 g/mol. The van der Waals surface area contributed by atoms with Crippen LogP contribution < -0.4 is 0 Å². The molecule has 1 unspecified atom stereocenters. The fourth-order valence-electron chi connectivity index (χ4n) is 2.38. The molecule has 90 valence electrons. The largest absolute Gasteiger partial charge is 0.303 e. The van der Waals surface area contributed by atoms with Crippen molar-refractivity contribution in [3.8, 4) is 0 Å². The van der Waals surface area contributed by atoms with Gasteiger partial charge < -0.3 is 4.90 Å². The number of hydrogen-bond donors (Lipinski definition) is 0. The molecule has 2 aromatic rings. The van der Waals surface area contributed by atoms with Gasteiger partial charge in [0.05, 0.1) is 0 Å². The van der Waals surface area contributed by atoms with Crippen LogP contribution in [0.15, 0.2) is 22.8 Å². The van der Waals surface area contributed by atoms with Crippen molar-refractivity contribution in [1.82, 2.24) is 19.5 Å². The highest BCUT2D eigenvalue weighted by molar-refractivity contribution is 9.10. The van der Waals surface area contributed by atoms with Crippen molar-refractivity contribution in [2.75, 3.05) is 19.6 Å². The molecule has 0 aliphatic carbocycles. The first-order chi connectivity index (χ1) is 8.26. The molecule has 0 spiro atoms. The lowest BCUT2D eigenvalue weighted by atomic mass is 10.1. The van der Waals surface area contributed by atoms with Crippen LogP contribution in [0.1, 0.15) is 25.1 Å². The Labute approximate surface area is 109 Å². The molecule has 4 nitrogen and oxygen atoms in total. The SMILES string of the molecule is CCN1CCC(c2nc3cc(Br)ccn3n2)C1. The van der Waals surface area contributed by atoms with Crippen molar-refractivity contribution >= 4 is 21.6 Å². The van der Waals surface area contributed by atoms with Gasteiger partial charge in [-0.1, -0.05) is 22.9 Å². The second-order valence-electron chi connectivity index (χ2n) is 4.50. The standard InChI is InChI=1S/C12H15BrN4/c1-2-16-5-3-9(8-16)12-14-11-7-10(13)4-6-17(11)15-12/h4,6-7,9H,2-3,5,8H2,1H3. The molecule has 0 N–H and O–H groups in total. The highest BCUT2D eigenvalue weighted by Crippen LogP contribution is 2.25. The van der Waals surface area contributed by atoms with Gasteiger partial charge in [-0.05, 0) is 31.6 Å². The van der Waals surface area contributed by atoms with Crippen molar-refractivity contribution in [3.05, 3.63) is 28.6 Å². The maximum absolute atomic E-state index is 4.62. The molecule has 1 saturated heterocycles. The summed E-state index contributed by atoms with van der Waals surface area (Å²) in [5.41, 5.74) is 0.921. The van der Waals surface area contributed by atoms with E-state index in [0.717, 1.165) is 29.0 Å². The molecule has 1 atom stereocenters. The third-order valence-electron chi connectivity index (χ3n) is 3.40. The van der Waals surface area contributed by atoms with Crippen LogP contribution in [0.3, 0.4) is 0 Å². The van der Waals surface area contributed by atoms with Crippen LogP contribution in [0, 0.1) is 0 Å². The molecule has 0 amide bonds. The lowest BCUT2D eigenvalue weighted by molar-refractivity contribution is 0.352. The smallest absolute Gasteiger partial charge is 0.156 e. The Morgan fingerprint density at radius 2 is 2.41 bits per heavy atom. The molecule has 0 saturated carbocycles. The Morgan fingerprint density at radius 3 is 3.18 bits per heavy atom. The van der Waals surface area contributed by atoms with Gasteiger partial charge in [0.25, 0.3) is 0 Å². The highest BCUT2D eigenvalue weighted by Gasteiger charge is 2.25. The van der Waals surface area contributed by atoms with E-state index in [1.165, 1.54) is 13.0 Å². The van der Waals surface area contributed by atoms with Crippen LogP contribution in [-0.4, -0.2) is 39.1 Å². The van der Waals surface area contributed by atoms with Gasteiger partial charge in [-0.2, -0.15) is 5.10 Å². The number of rotatable bonds is 2. The minimum Gasteiger partial charge on any atom is -0.303 e. The van der Waals surface area contributed by atoms with Gasteiger partial charge in [0.15, 0.2) is 11.5 Å². The number of pyridine rings is 1. The Balaban J connectivity index is 1.91. The molecule has 5 heteroatoms. The predicted octanol–water partition coefficient (Wildman–Crippen LogP) is 2.30. The maximum atomic E-state index is 4.62. The summed E-state index contributed by atoms with van der Waals surface area (Å²) in [5, 5.41) is 4.56. The van der Waals surface area contributed by atoms with E-state index in [2.05, 4.69) is 37.8 Å². The Morgan fingerprint density at radius 1 is 1.53 bits per heavy atom. The zero-order valence-electron chi connectivity index (χ0n) is 9.80. The first kappa shape index (κ1) is 11.2. The summed E-state index contributed by atoms with van der Waals surface area (Å²) in [5.74, 6) is 1.48. The molecule has 3 heterocycles. The molecule has 2 aromatic heterocycles. The van der Waals surface area contributed by atoms with E-state index < -0.39 is 0 Å². The molecule has 1 aliphatic heterocycles. The monoisotopic (exact) mass is 294 g/mol. The van der Waals surface area contributed by atoms with Gasteiger partial charge in [-0.25, -0.2) is 9.50 Å². The van der Waals surface area contributed by atoms with Crippen molar-refractivity contribution < 1.29 is 0 Å². The van der Waals surface area contributed by atoms with E-state index in [4.69, 9.17) is 0 Å². The van der Waals surface area contributed by atoms with Gasteiger partial charge in [-0.15, -0.1) is 0 Å². The Hall–Kier alpha value is -0.940. The molecule has 0 radical (unpaired) electrons. The summed E-state index contributed by atoms with van der Waals surface area (Å²) >= 11 is 3.46. The Bertz CT molecular complexity index is 536. The van der Waals surface area contributed by atoms with E-state index in [0.29, 0.717) is 5.92 Å². The number of aromatic nitrogens is 3. The average Bonchev–Trinajstić information content (AvgIpc) is 2.93. The van der Waals surface area contributed by atoms with E-state index in [1.807, 2.05) is 22.8 Å². The molecule has 0 aromatic carbocycles. The van der Waals surface area contributed by atoms with Crippen LogP contribution in [0.25, 0.3) is 5.65 Å². The van der Waals surface area contributed by atoms with E-state index >= 15 is 0 Å². The van der Waals surface area contributed by atoms with Crippen molar-refractivity contribution in [1.29, 1.82) is 0 Å². The molecular weight excluding hydrogens is 280 g/mol. The van der Waals surface area contributed by atoms with Gasteiger partial charge in [0.2, 0.25) is 0 Å². The summed E-state index contributed by atoms with van der Waals surface area (Å²) in [6, 6.07) is 3.99. The fraction of sp³-hybridized carbons (Fsp3) is 0.500. The van der Waals surface area contributed by atoms with Crippen molar-refractivity contribution in [2.45, 2.75) is 19.3 Å². The van der Waals surface area contributed by atoms with Gasteiger partial charge >= 0.3 is 0 Å². The summed E-state index contributed by atoms with van der Waals surface area (Å²) in [6.07, 6.45) is 3.12. The molecule has 0 bridgehead atoms. The van der Waals surface area contributed by atoms with Gasteiger partial charge in [0, 0.05) is 23.1 Å². The normalized spacial score (nSPS) is 21.4. The molecule has 3 rings (SSSR count). The number of likely N-dealkylation sites (tertiary alicyclic amines) is 1.